The number of carbonyl (C=O) groups excluding carboxylic acids is 3. The second kappa shape index (κ2) is 12.9. The maximum atomic E-state index is 12.9. The summed E-state index contributed by atoms with van der Waals surface area (Å²) in [4.78, 5) is 63.9. The van der Waals surface area contributed by atoms with Gasteiger partial charge in [-0.25, -0.2) is 4.79 Å². The van der Waals surface area contributed by atoms with Crippen molar-refractivity contribution in [1.82, 2.24) is 20.9 Å². The number of aromatic nitrogens is 1. The number of carboxylic acids is 2. The molecule has 3 amide bonds. The fraction of sp³-hybridized carbons (Fsp3) is 0.435. The van der Waals surface area contributed by atoms with Crippen molar-refractivity contribution >= 4 is 53.2 Å². The van der Waals surface area contributed by atoms with Crippen molar-refractivity contribution in [2.45, 2.75) is 50.9 Å². The SMILES string of the molecule is CC(C)C(NC(=O)C(CC(=O)O)NC(=O)C(N)Cc1c[nH]c2ccccc12)C(=O)NC(CS)C(=O)O. The third kappa shape index (κ3) is 7.71. The predicted molar refractivity (Wildman–Crippen MR) is 134 cm³/mol. The van der Waals surface area contributed by atoms with E-state index in [0.717, 1.165) is 16.5 Å². The van der Waals surface area contributed by atoms with Crippen LogP contribution in [0.15, 0.2) is 30.5 Å². The number of carbonyl (C=O) groups is 5. The van der Waals surface area contributed by atoms with Gasteiger partial charge >= 0.3 is 11.9 Å². The highest BCUT2D eigenvalue weighted by Gasteiger charge is 2.32. The standard InChI is InChI=1S/C23H31N5O7S/c1-11(2)19(22(33)27-17(10-36)23(34)35)28-21(32)16(8-18(29)30)26-20(31)14(24)7-12-9-25-15-6-4-3-5-13(12)15/h3-6,9,11,14,16-17,19,25,36H,7-8,10,24H2,1-2H3,(H,26,31)(H,27,33)(H,28,32)(H,29,30)(H,34,35). The molecule has 1 aromatic heterocycles. The van der Waals surface area contributed by atoms with E-state index in [0.29, 0.717) is 0 Å². The van der Waals surface area contributed by atoms with Gasteiger partial charge in [-0.2, -0.15) is 12.6 Å². The minimum Gasteiger partial charge on any atom is -0.481 e. The first-order chi connectivity index (χ1) is 16.9. The molecule has 1 aromatic carbocycles. The molecule has 2 rings (SSSR count). The molecule has 0 bridgehead atoms. The lowest BCUT2D eigenvalue weighted by Gasteiger charge is -2.26. The maximum absolute atomic E-state index is 12.9. The van der Waals surface area contributed by atoms with Gasteiger partial charge in [0.05, 0.1) is 12.5 Å². The summed E-state index contributed by atoms with van der Waals surface area (Å²) in [5.41, 5.74) is 7.69. The van der Waals surface area contributed by atoms with E-state index in [4.69, 9.17) is 10.8 Å². The minimum absolute atomic E-state index is 0.134. The summed E-state index contributed by atoms with van der Waals surface area (Å²) >= 11 is 3.89. The highest BCUT2D eigenvalue weighted by Crippen LogP contribution is 2.18. The smallest absolute Gasteiger partial charge is 0.327 e. The van der Waals surface area contributed by atoms with Crippen LogP contribution in [0.3, 0.4) is 0 Å². The zero-order valence-electron chi connectivity index (χ0n) is 19.9. The van der Waals surface area contributed by atoms with E-state index >= 15 is 0 Å². The fourth-order valence-electron chi connectivity index (χ4n) is 3.53. The summed E-state index contributed by atoms with van der Waals surface area (Å²) in [5, 5.41) is 26.3. The highest BCUT2D eigenvalue weighted by atomic mass is 32.1. The molecule has 12 nitrogen and oxygen atoms in total. The third-order valence-electron chi connectivity index (χ3n) is 5.51. The van der Waals surface area contributed by atoms with Crippen molar-refractivity contribution in [3.8, 4) is 0 Å². The summed E-state index contributed by atoms with van der Waals surface area (Å²) in [6.07, 6.45) is 1.10. The summed E-state index contributed by atoms with van der Waals surface area (Å²) < 4.78 is 0. The predicted octanol–water partition coefficient (Wildman–Crippen LogP) is -0.363. The normalized spacial score (nSPS) is 14.5. The Kier molecular flexibility index (Phi) is 10.3. The first kappa shape index (κ1) is 28.7. The number of H-pyrrole nitrogens is 1. The molecule has 2 aromatic rings. The van der Waals surface area contributed by atoms with E-state index in [1.54, 1.807) is 20.0 Å². The molecule has 0 aliphatic rings. The highest BCUT2D eigenvalue weighted by molar-refractivity contribution is 7.80. The van der Waals surface area contributed by atoms with E-state index in [9.17, 15) is 29.1 Å². The number of hydrogen-bond donors (Lipinski definition) is 8. The molecule has 0 fully saturated rings. The molecule has 8 N–H and O–H groups in total. The van der Waals surface area contributed by atoms with Crippen LogP contribution in [0.1, 0.15) is 25.8 Å². The molecule has 196 valence electrons. The number of aliphatic carboxylic acids is 2. The number of fused-ring (bicyclic) bond motifs is 1. The number of thiol groups is 1. The van der Waals surface area contributed by atoms with Gasteiger partial charge in [0.25, 0.3) is 0 Å². The Hall–Kier alpha value is -3.58. The number of amides is 3. The van der Waals surface area contributed by atoms with Crippen LogP contribution < -0.4 is 21.7 Å². The number of benzene rings is 1. The number of rotatable bonds is 13. The molecular weight excluding hydrogens is 490 g/mol. The average molecular weight is 522 g/mol. The van der Waals surface area contributed by atoms with Gasteiger partial charge in [0.1, 0.15) is 18.1 Å². The van der Waals surface area contributed by atoms with E-state index in [1.807, 2.05) is 24.3 Å². The van der Waals surface area contributed by atoms with Crippen LogP contribution in [0.5, 0.6) is 0 Å². The topological polar surface area (TPSA) is 204 Å². The largest absolute Gasteiger partial charge is 0.481 e. The summed E-state index contributed by atoms with van der Waals surface area (Å²) in [7, 11) is 0. The Morgan fingerprint density at radius 3 is 2.19 bits per heavy atom. The number of aromatic amines is 1. The monoisotopic (exact) mass is 521 g/mol. The second-order valence-corrected chi connectivity index (χ2v) is 9.01. The molecule has 4 unspecified atom stereocenters. The van der Waals surface area contributed by atoms with Crippen LogP contribution in [0.25, 0.3) is 10.9 Å². The van der Waals surface area contributed by atoms with Crippen LogP contribution in [0.2, 0.25) is 0 Å². The lowest BCUT2D eigenvalue weighted by atomic mass is 10.0. The van der Waals surface area contributed by atoms with Gasteiger partial charge in [-0.05, 0) is 24.0 Å². The molecule has 0 radical (unpaired) electrons. The molecule has 0 spiro atoms. The van der Waals surface area contributed by atoms with Gasteiger partial charge in [-0.1, -0.05) is 32.0 Å². The first-order valence-corrected chi connectivity index (χ1v) is 11.8. The molecule has 0 saturated carbocycles. The van der Waals surface area contributed by atoms with Crippen LogP contribution in [0, 0.1) is 5.92 Å². The van der Waals surface area contributed by atoms with Crippen LogP contribution in [0.4, 0.5) is 0 Å². The van der Waals surface area contributed by atoms with Gasteiger partial charge in [0.15, 0.2) is 0 Å². The Bertz CT molecular complexity index is 1120. The molecule has 13 heteroatoms. The Morgan fingerprint density at radius 1 is 0.972 bits per heavy atom. The van der Waals surface area contributed by atoms with Gasteiger partial charge in [0, 0.05) is 22.9 Å². The number of hydrogen-bond acceptors (Lipinski definition) is 7. The maximum Gasteiger partial charge on any atom is 0.327 e. The van der Waals surface area contributed by atoms with Gasteiger partial charge in [-0.3, -0.25) is 19.2 Å². The van der Waals surface area contributed by atoms with Crippen molar-refractivity contribution in [2.75, 3.05) is 5.75 Å². The van der Waals surface area contributed by atoms with Crippen LogP contribution in [-0.2, 0) is 30.4 Å². The molecule has 0 aliphatic heterocycles. The Labute approximate surface area is 212 Å². The van der Waals surface area contributed by atoms with Crippen LogP contribution >= 0.6 is 12.6 Å². The van der Waals surface area contributed by atoms with E-state index in [1.165, 1.54) is 0 Å². The van der Waals surface area contributed by atoms with Crippen molar-refractivity contribution in [3.05, 3.63) is 36.0 Å². The first-order valence-electron chi connectivity index (χ1n) is 11.2. The second-order valence-electron chi connectivity index (χ2n) is 8.64. The van der Waals surface area contributed by atoms with E-state index in [-0.39, 0.29) is 12.2 Å². The Morgan fingerprint density at radius 2 is 1.61 bits per heavy atom. The van der Waals surface area contributed by atoms with Crippen molar-refractivity contribution < 1.29 is 34.2 Å². The molecule has 4 atom stereocenters. The average Bonchev–Trinajstić information content (AvgIpc) is 3.22. The zero-order chi connectivity index (χ0) is 27.0. The summed E-state index contributed by atoms with van der Waals surface area (Å²) in [6.45, 7) is 3.23. The number of para-hydroxylation sites is 1. The summed E-state index contributed by atoms with van der Waals surface area (Å²) in [6, 6.07) is 2.37. The fourth-order valence-corrected chi connectivity index (χ4v) is 3.78. The molecule has 36 heavy (non-hydrogen) atoms. The van der Waals surface area contributed by atoms with Gasteiger partial charge < -0.3 is 36.9 Å². The third-order valence-corrected chi connectivity index (χ3v) is 5.87. The van der Waals surface area contributed by atoms with Crippen molar-refractivity contribution in [1.29, 1.82) is 0 Å². The lowest BCUT2D eigenvalue weighted by molar-refractivity contribution is -0.143. The van der Waals surface area contributed by atoms with Crippen molar-refractivity contribution in [2.24, 2.45) is 11.7 Å². The molecule has 1 heterocycles. The van der Waals surface area contributed by atoms with Crippen LogP contribution in [-0.4, -0.2) is 74.8 Å². The summed E-state index contributed by atoms with van der Waals surface area (Å²) in [5.74, 6) is -5.75. The van der Waals surface area contributed by atoms with Crippen molar-refractivity contribution in [3.63, 3.8) is 0 Å². The lowest BCUT2D eigenvalue weighted by Crippen LogP contribution is -2.59. The number of nitrogens with two attached hydrogens (primary N) is 1. The molecular formula is C23H31N5O7S. The zero-order valence-corrected chi connectivity index (χ0v) is 20.7. The van der Waals surface area contributed by atoms with Gasteiger partial charge in [0.2, 0.25) is 17.7 Å². The Balaban J connectivity index is 2.11. The number of nitrogens with one attached hydrogen (secondary N) is 4. The molecule has 0 aliphatic carbocycles. The quantitative estimate of drug-likeness (QED) is 0.163. The minimum atomic E-state index is -1.52. The molecule has 0 saturated heterocycles. The van der Waals surface area contributed by atoms with E-state index < -0.39 is 66.2 Å². The van der Waals surface area contributed by atoms with E-state index in [2.05, 4.69) is 33.6 Å². The number of carboxylic acid groups (broad SMARTS) is 2. The van der Waals surface area contributed by atoms with Gasteiger partial charge in [-0.15, -0.1) is 0 Å².